The molecule has 28 heavy (non-hydrogen) atoms. The summed E-state index contributed by atoms with van der Waals surface area (Å²) in [4.78, 5) is 6.82. The minimum Gasteiger partial charge on any atom is -0.383 e. The molecule has 1 saturated heterocycles. The highest BCUT2D eigenvalue weighted by molar-refractivity contribution is 7.80. The molecule has 3 heterocycles. The lowest BCUT2D eigenvalue weighted by Crippen LogP contribution is -2.33. The number of rotatable bonds is 6. The number of ether oxygens (including phenoxy) is 1. The molecule has 0 bridgehead atoms. The first-order valence-electron chi connectivity index (χ1n) is 9.41. The van der Waals surface area contributed by atoms with Crippen LogP contribution in [0.4, 0.5) is 0 Å². The molecule has 3 aromatic rings. The SMILES string of the molecule is COCCN1C(=S)N[C@@H](c2ccccn2)[C@@H]1c1ccc(C)n1-c1ccccc1. The molecule has 1 aliphatic rings. The van der Waals surface area contributed by atoms with E-state index in [-0.39, 0.29) is 12.1 Å². The molecule has 0 spiro atoms. The Balaban J connectivity index is 1.82. The molecular formula is C22H24N4OS. The summed E-state index contributed by atoms with van der Waals surface area (Å²) in [7, 11) is 1.72. The highest BCUT2D eigenvalue weighted by Gasteiger charge is 2.41. The van der Waals surface area contributed by atoms with Gasteiger partial charge in [-0.25, -0.2) is 0 Å². The van der Waals surface area contributed by atoms with Gasteiger partial charge in [-0.2, -0.15) is 0 Å². The van der Waals surface area contributed by atoms with E-state index < -0.39 is 0 Å². The van der Waals surface area contributed by atoms with Crippen LogP contribution < -0.4 is 5.32 Å². The molecule has 4 rings (SSSR count). The molecule has 1 N–H and O–H groups in total. The highest BCUT2D eigenvalue weighted by Crippen LogP contribution is 2.39. The molecule has 6 heteroatoms. The van der Waals surface area contributed by atoms with Crippen molar-refractivity contribution in [3.05, 3.63) is 83.9 Å². The smallest absolute Gasteiger partial charge is 0.170 e. The molecule has 0 amide bonds. The maximum atomic E-state index is 5.70. The number of nitrogens with zero attached hydrogens (tertiary/aromatic N) is 3. The van der Waals surface area contributed by atoms with Crippen molar-refractivity contribution in [1.82, 2.24) is 19.8 Å². The Morgan fingerprint density at radius 1 is 1.07 bits per heavy atom. The average molecular weight is 393 g/mol. The maximum absolute atomic E-state index is 5.70. The van der Waals surface area contributed by atoms with Crippen LogP contribution in [0.2, 0.25) is 0 Å². The first-order chi connectivity index (χ1) is 13.7. The maximum Gasteiger partial charge on any atom is 0.170 e. The zero-order valence-electron chi connectivity index (χ0n) is 16.1. The fraction of sp³-hybridized carbons (Fsp3) is 0.273. The Kier molecular flexibility index (Phi) is 5.41. The highest BCUT2D eigenvalue weighted by atomic mass is 32.1. The fourth-order valence-electron chi connectivity index (χ4n) is 3.88. The van der Waals surface area contributed by atoms with Gasteiger partial charge in [-0.3, -0.25) is 4.98 Å². The molecule has 1 aliphatic heterocycles. The van der Waals surface area contributed by atoms with E-state index in [0.717, 1.165) is 23.0 Å². The molecule has 5 nitrogen and oxygen atoms in total. The third-order valence-electron chi connectivity index (χ3n) is 5.16. The average Bonchev–Trinajstić information content (AvgIpc) is 3.27. The van der Waals surface area contributed by atoms with Crippen molar-refractivity contribution in [1.29, 1.82) is 0 Å². The third kappa shape index (κ3) is 3.41. The first kappa shape index (κ1) is 18.7. The normalized spacial score (nSPS) is 19.1. The zero-order chi connectivity index (χ0) is 19.5. The molecular weight excluding hydrogens is 368 g/mol. The quantitative estimate of drug-likeness (QED) is 0.647. The first-order valence-corrected chi connectivity index (χ1v) is 9.82. The van der Waals surface area contributed by atoms with Gasteiger partial charge in [0.1, 0.15) is 0 Å². The molecule has 0 radical (unpaired) electrons. The number of benzene rings is 1. The van der Waals surface area contributed by atoms with Gasteiger partial charge in [0.25, 0.3) is 0 Å². The topological polar surface area (TPSA) is 42.3 Å². The predicted molar refractivity (Wildman–Crippen MR) is 115 cm³/mol. The summed E-state index contributed by atoms with van der Waals surface area (Å²) in [6, 6.07) is 20.8. The largest absolute Gasteiger partial charge is 0.383 e. The lowest BCUT2D eigenvalue weighted by molar-refractivity contribution is 0.163. The third-order valence-corrected chi connectivity index (χ3v) is 5.51. The molecule has 2 aromatic heterocycles. The second kappa shape index (κ2) is 8.12. The number of methoxy groups -OCH3 is 1. The monoisotopic (exact) mass is 392 g/mol. The molecule has 0 saturated carbocycles. The number of nitrogens with one attached hydrogen (secondary N) is 1. The van der Waals surface area contributed by atoms with Gasteiger partial charge in [-0.1, -0.05) is 24.3 Å². The van der Waals surface area contributed by atoms with E-state index in [1.165, 1.54) is 11.4 Å². The number of hydrogen-bond acceptors (Lipinski definition) is 3. The van der Waals surface area contributed by atoms with E-state index in [1.807, 2.05) is 24.4 Å². The van der Waals surface area contributed by atoms with Crippen LogP contribution in [0, 0.1) is 6.92 Å². The van der Waals surface area contributed by atoms with Gasteiger partial charge < -0.3 is 19.5 Å². The van der Waals surface area contributed by atoms with Crippen molar-refractivity contribution in [3.63, 3.8) is 0 Å². The number of aromatic nitrogens is 2. The lowest BCUT2D eigenvalue weighted by atomic mass is 10.0. The summed E-state index contributed by atoms with van der Waals surface area (Å²) in [5.74, 6) is 0. The van der Waals surface area contributed by atoms with E-state index in [1.54, 1.807) is 7.11 Å². The second-order valence-corrected chi connectivity index (χ2v) is 7.27. The van der Waals surface area contributed by atoms with Crippen LogP contribution in [0.1, 0.15) is 29.2 Å². The van der Waals surface area contributed by atoms with Gasteiger partial charge >= 0.3 is 0 Å². The minimum absolute atomic E-state index is 0.0199. The summed E-state index contributed by atoms with van der Waals surface area (Å²) in [5.41, 5.74) is 4.49. The fourth-order valence-corrected chi connectivity index (χ4v) is 4.21. The van der Waals surface area contributed by atoms with Gasteiger partial charge in [0, 0.05) is 36.9 Å². The summed E-state index contributed by atoms with van der Waals surface area (Å²) in [6.07, 6.45) is 1.83. The Hall–Kier alpha value is -2.70. The van der Waals surface area contributed by atoms with Gasteiger partial charge in [0.2, 0.25) is 0 Å². The van der Waals surface area contributed by atoms with Crippen molar-refractivity contribution in [2.24, 2.45) is 0 Å². The van der Waals surface area contributed by atoms with Crippen LogP contribution in [0.5, 0.6) is 0 Å². The van der Waals surface area contributed by atoms with Crippen molar-refractivity contribution in [2.45, 2.75) is 19.0 Å². The number of thiocarbonyl (C=S) groups is 1. The second-order valence-electron chi connectivity index (χ2n) is 6.88. The van der Waals surface area contributed by atoms with Gasteiger partial charge in [-0.05, 0) is 55.5 Å². The number of aryl methyl sites for hydroxylation is 1. The van der Waals surface area contributed by atoms with E-state index in [4.69, 9.17) is 17.0 Å². The zero-order valence-corrected chi connectivity index (χ0v) is 16.9. The van der Waals surface area contributed by atoms with Crippen LogP contribution in [-0.2, 0) is 4.74 Å². The number of para-hydroxylation sites is 1. The Bertz CT molecular complexity index is 942. The number of pyridine rings is 1. The molecule has 1 aromatic carbocycles. The summed E-state index contributed by atoms with van der Waals surface area (Å²) < 4.78 is 7.65. The molecule has 0 aliphatic carbocycles. The molecule has 0 unspecified atom stereocenters. The van der Waals surface area contributed by atoms with Crippen LogP contribution in [-0.4, -0.2) is 39.8 Å². The molecule has 1 fully saturated rings. The van der Waals surface area contributed by atoms with Crippen LogP contribution in [0.15, 0.2) is 66.9 Å². The number of hydrogen-bond donors (Lipinski definition) is 1. The summed E-state index contributed by atoms with van der Waals surface area (Å²) >= 11 is 5.70. The summed E-state index contributed by atoms with van der Waals surface area (Å²) in [6.45, 7) is 3.46. The Morgan fingerprint density at radius 2 is 1.86 bits per heavy atom. The minimum atomic E-state index is -0.0256. The predicted octanol–water partition coefficient (Wildman–Crippen LogP) is 3.80. The summed E-state index contributed by atoms with van der Waals surface area (Å²) in [5, 5.41) is 4.22. The van der Waals surface area contributed by atoms with Crippen LogP contribution >= 0.6 is 12.2 Å². The van der Waals surface area contributed by atoms with Crippen molar-refractivity contribution in [3.8, 4) is 5.69 Å². The van der Waals surface area contributed by atoms with Gasteiger partial charge in [-0.15, -0.1) is 0 Å². The van der Waals surface area contributed by atoms with Crippen LogP contribution in [0.3, 0.4) is 0 Å². The standard InChI is InChI=1S/C22H24N4OS/c1-16-11-12-19(26(16)17-8-4-3-5-9-17)21-20(18-10-6-7-13-23-18)24-22(28)25(21)14-15-27-2/h3-13,20-21H,14-15H2,1-2H3,(H,24,28)/t20-,21-/m0/s1. The van der Waals surface area contributed by atoms with Crippen LogP contribution in [0.25, 0.3) is 5.69 Å². The Labute approximate surface area is 171 Å². The Morgan fingerprint density at radius 3 is 2.57 bits per heavy atom. The van der Waals surface area contributed by atoms with Gasteiger partial charge in [0.05, 0.1) is 24.4 Å². The van der Waals surface area contributed by atoms with E-state index >= 15 is 0 Å². The van der Waals surface area contributed by atoms with Gasteiger partial charge in [0.15, 0.2) is 5.11 Å². The molecule has 144 valence electrons. The van der Waals surface area contributed by atoms with E-state index in [9.17, 15) is 0 Å². The van der Waals surface area contributed by atoms with Crippen molar-refractivity contribution in [2.75, 3.05) is 20.3 Å². The lowest BCUT2D eigenvalue weighted by Gasteiger charge is -2.29. The molecule has 2 atom stereocenters. The van der Waals surface area contributed by atoms with Crippen molar-refractivity contribution < 1.29 is 4.74 Å². The van der Waals surface area contributed by atoms with E-state index in [2.05, 4.69) is 69.2 Å². The van der Waals surface area contributed by atoms with Crippen molar-refractivity contribution >= 4 is 17.3 Å². The van der Waals surface area contributed by atoms with E-state index in [0.29, 0.717) is 6.61 Å².